The maximum absolute atomic E-state index is 6.43. The maximum atomic E-state index is 6.43. The lowest BCUT2D eigenvalue weighted by Gasteiger charge is -2.40. The SMILES string of the molecule is CC(C)N1CC(C)(C(C)C)CC(C)(N)CC1=S. The second kappa shape index (κ2) is 4.85. The molecule has 100 valence electrons. The van der Waals surface area contributed by atoms with Gasteiger partial charge in [0.15, 0.2) is 0 Å². The van der Waals surface area contributed by atoms with Crippen LogP contribution >= 0.6 is 12.2 Å². The van der Waals surface area contributed by atoms with E-state index < -0.39 is 0 Å². The molecule has 1 saturated heterocycles. The summed E-state index contributed by atoms with van der Waals surface area (Å²) in [5, 5.41) is 0. The molecule has 0 radical (unpaired) electrons. The molecule has 1 fully saturated rings. The summed E-state index contributed by atoms with van der Waals surface area (Å²) in [6.45, 7) is 14.5. The smallest absolute Gasteiger partial charge is 0.0800 e. The van der Waals surface area contributed by atoms with Gasteiger partial charge in [0.05, 0.1) is 4.99 Å². The van der Waals surface area contributed by atoms with E-state index in [4.69, 9.17) is 18.0 Å². The Kier molecular flexibility index (Phi) is 4.25. The predicted molar refractivity (Wildman–Crippen MR) is 79.2 cm³/mol. The van der Waals surface area contributed by atoms with Gasteiger partial charge in [0.2, 0.25) is 0 Å². The van der Waals surface area contributed by atoms with Gasteiger partial charge in [0, 0.05) is 24.5 Å². The highest BCUT2D eigenvalue weighted by Gasteiger charge is 2.41. The Hall–Kier alpha value is -0.150. The van der Waals surface area contributed by atoms with E-state index in [0.29, 0.717) is 12.0 Å². The summed E-state index contributed by atoms with van der Waals surface area (Å²) < 4.78 is 0. The molecule has 0 bridgehead atoms. The van der Waals surface area contributed by atoms with Crippen molar-refractivity contribution in [3.8, 4) is 0 Å². The van der Waals surface area contributed by atoms with Gasteiger partial charge in [-0.15, -0.1) is 0 Å². The first-order valence-electron chi connectivity index (χ1n) is 6.66. The van der Waals surface area contributed by atoms with Crippen molar-refractivity contribution < 1.29 is 0 Å². The molecule has 17 heavy (non-hydrogen) atoms. The van der Waals surface area contributed by atoms with Crippen LogP contribution in [-0.4, -0.2) is 28.0 Å². The van der Waals surface area contributed by atoms with E-state index in [1.165, 1.54) is 0 Å². The molecule has 2 N–H and O–H groups in total. The predicted octanol–water partition coefficient (Wildman–Crippen LogP) is 3.20. The molecular weight excluding hydrogens is 228 g/mol. The maximum Gasteiger partial charge on any atom is 0.0800 e. The van der Waals surface area contributed by atoms with Crippen molar-refractivity contribution in [3.05, 3.63) is 0 Å². The van der Waals surface area contributed by atoms with E-state index in [1.807, 2.05) is 0 Å². The van der Waals surface area contributed by atoms with Gasteiger partial charge in [-0.2, -0.15) is 0 Å². The largest absolute Gasteiger partial charge is 0.363 e. The van der Waals surface area contributed by atoms with Crippen LogP contribution < -0.4 is 5.73 Å². The van der Waals surface area contributed by atoms with Gasteiger partial charge in [-0.1, -0.05) is 33.0 Å². The van der Waals surface area contributed by atoms with E-state index in [1.54, 1.807) is 0 Å². The van der Waals surface area contributed by atoms with Crippen molar-refractivity contribution in [1.82, 2.24) is 4.90 Å². The first-order chi connectivity index (χ1) is 7.57. The molecule has 0 aromatic rings. The third kappa shape index (κ3) is 3.41. The molecule has 0 spiro atoms. The number of nitrogens with two attached hydrogens (primary N) is 1. The Bertz CT molecular complexity index is 297. The molecule has 1 rings (SSSR count). The number of nitrogens with zero attached hydrogens (tertiary/aromatic N) is 1. The van der Waals surface area contributed by atoms with Crippen molar-refractivity contribution in [2.45, 2.75) is 66.0 Å². The van der Waals surface area contributed by atoms with Crippen LogP contribution in [0, 0.1) is 11.3 Å². The minimum absolute atomic E-state index is 0.167. The van der Waals surface area contributed by atoms with Crippen molar-refractivity contribution in [2.24, 2.45) is 17.1 Å². The number of hydrogen-bond donors (Lipinski definition) is 1. The van der Waals surface area contributed by atoms with Gasteiger partial charge >= 0.3 is 0 Å². The summed E-state index contributed by atoms with van der Waals surface area (Å²) in [6, 6.07) is 0.467. The fraction of sp³-hybridized carbons (Fsp3) is 0.929. The second-order valence-electron chi connectivity index (χ2n) is 6.93. The molecule has 2 atom stereocenters. The Morgan fingerprint density at radius 1 is 1.24 bits per heavy atom. The van der Waals surface area contributed by atoms with Crippen LogP contribution in [0.4, 0.5) is 0 Å². The fourth-order valence-corrected chi connectivity index (χ4v) is 3.43. The van der Waals surface area contributed by atoms with Crippen LogP contribution in [0.15, 0.2) is 0 Å². The molecule has 1 heterocycles. The lowest BCUT2D eigenvalue weighted by molar-refractivity contribution is 0.122. The molecule has 3 heteroatoms. The Labute approximate surface area is 112 Å². The van der Waals surface area contributed by atoms with E-state index in [9.17, 15) is 0 Å². The van der Waals surface area contributed by atoms with Gasteiger partial charge in [-0.25, -0.2) is 0 Å². The monoisotopic (exact) mass is 256 g/mol. The zero-order valence-electron chi connectivity index (χ0n) is 12.2. The summed E-state index contributed by atoms with van der Waals surface area (Å²) in [4.78, 5) is 3.40. The zero-order valence-corrected chi connectivity index (χ0v) is 13.0. The van der Waals surface area contributed by atoms with Gasteiger partial charge < -0.3 is 10.6 Å². The van der Waals surface area contributed by atoms with Crippen LogP contribution in [0.5, 0.6) is 0 Å². The molecular formula is C14H28N2S. The molecule has 0 aromatic carbocycles. The lowest BCUT2D eigenvalue weighted by Crippen LogP contribution is -2.44. The highest BCUT2D eigenvalue weighted by molar-refractivity contribution is 7.80. The van der Waals surface area contributed by atoms with Gasteiger partial charge in [-0.05, 0) is 38.5 Å². The van der Waals surface area contributed by atoms with Crippen molar-refractivity contribution in [1.29, 1.82) is 0 Å². The molecule has 1 aliphatic heterocycles. The average Bonchev–Trinajstić information content (AvgIpc) is 2.19. The minimum atomic E-state index is -0.167. The summed E-state index contributed by atoms with van der Waals surface area (Å²) in [5.74, 6) is 0.618. The topological polar surface area (TPSA) is 29.3 Å². The summed E-state index contributed by atoms with van der Waals surface area (Å²) in [5.41, 5.74) is 6.51. The van der Waals surface area contributed by atoms with E-state index in [-0.39, 0.29) is 11.0 Å². The van der Waals surface area contributed by atoms with Gasteiger partial charge in [-0.3, -0.25) is 0 Å². The molecule has 0 amide bonds. The lowest BCUT2D eigenvalue weighted by atomic mass is 9.71. The molecule has 0 saturated carbocycles. The summed E-state index contributed by atoms with van der Waals surface area (Å²) in [6.07, 6.45) is 1.88. The highest BCUT2D eigenvalue weighted by Crippen LogP contribution is 2.40. The van der Waals surface area contributed by atoms with E-state index >= 15 is 0 Å². The normalized spacial score (nSPS) is 35.6. The number of rotatable bonds is 2. The quantitative estimate of drug-likeness (QED) is 0.769. The zero-order chi connectivity index (χ0) is 13.4. The Morgan fingerprint density at radius 2 is 1.76 bits per heavy atom. The number of likely N-dealkylation sites (tertiary alicyclic amines) is 1. The van der Waals surface area contributed by atoms with Crippen LogP contribution in [0.3, 0.4) is 0 Å². The minimum Gasteiger partial charge on any atom is -0.363 e. The molecule has 2 nitrogen and oxygen atoms in total. The van der Waals surface area contributed by atoms with Crippen molar-refractivity contribution in [3.63, 3.8) is 0 Å². The van der Waals surface area contributed by atoms with Crippen molar-refractivity contribution in [2.75, 3.05) is 6.54 Å². The van der Waals surface area contributed by atoms with E-state index in [0.717, 1.165) is 24.4 Å². The third-order valence-electron chi connectivity index (χ3n) is 4.23. The Morgan fingerprint density at radius 3 is 2.18 bits per heavy atom. The fourth-order valence-electron chi connectivity index (χ4n) is 2.82. The molecule has 1 aliphatic rings. The second-order valence-corrected chi connectivity index (χ2v) is 7.40. The van der Waals surface area contributed by atoms with Crippen LogP contribution in [0.2, 0.25) is 0 Å². The first kappa shape index (κ1) is 14.9. The van der Waals surface area contributed by atoms with Gasteiger partial charge in [0.25, 0.3) is 0 Å². The highest BCUT2D eigenvalue weighted by atomic mass is 32.1. The van der Waals surface area contributed by atoms with Crippen LogP contribution in [0.25, 0.3) is 0 Å². The summed E-state index contributed by atoms with van der Waals surface area (Å²) in [7, 11) is 0. The van der Waals surface area contributed by atoms with Crippen LogP contribution in [-0.2, 0) is 0 Å². The molecule has 2 unspecified atom stereocenters. The molecule has 0 aromatic heterocycles. The van der Waals surface area contributed by atoms with Gasteiger partial charge in [0.1, 0.15) is 0 Å². The van der Waals surface area contributed by atoms with E-state index in [2.05, 4.69) is 46.4 Å². The molecule has 0 aliphatic carbocycles. The average molecular weight is 256 g/mol. The number of thiocarbonyl (C=S) groups is 1. The van der Waals surface area contributed by atoms with Crippen LogP contribution in [0.1, 0.15) is 54.4 Å². The summed E-state index contributed by atoms with van der Waals surface area (Å²) >= 11 is 5.57. The standard InChI is InChI=1S/C14H28N2S/c1-10(2)13(5)8-14(6,15)7-12(17)16(9-13)11(3)4/h10-11H,7-9,15H2,1-6H3. The third-order valence-corrected chi connectivity index (χ3v) is 4.61. The Balaban J connectivity index is 3.07. The number of hydrogen-bond acceptors (Lipinski definition) is 2. The van der Waals surface area contributed by atoms with Crippen molar-refractivity contribution >= 4 is 17.2 Å². The first-order valence-corrected chi connectivity index (χ1v) is 7.06.